The lowest BCUT2D eigenvalue weighted by Crippen LogP contribution is -1.97. The Balaban J connectivity index is 1.28. The summed E-state index contributed by atoms with van der Waals surface area (Å²) in [5.41, 5.74) is 3.19. The van der Waals surface area contributed by atoms with Crippen LogP contribution in [0.1, 0.15) is 22.3 Å². The summed E-state index contributed by atoms with van der Waals surface area (Å²) in [6.45, 7) is 1.59. The number of phenolic OH excluding ortho intramolecular Hbond substituents is 2. The quantitative estimate of drug-likeness (QED) is 0.210. The standard InChI is InChI=1S/C30H28N2O4/c33-29-25(13-7-15-27(29)35-21-23-9-3-1-4-10-23)19-31-17-18-32-20-26-14-8-16-28(30(26)34)36-22-24-11-5-2-6-12-24/h1-16,19-20,33-34H,17-18,21-22H2. The van der Waals surface area contributed by atoms with E-state index in [1.165, 1.54) is 0 Å². The summed E-state index contributed by atoms with van der Waals surface area (Å²) >= 11 is 0. The second-order valence-electron chi connectivity index (χ2n) is 8.01. The lowest BCUT2D eigenvalue weighted by Gasteiger charge is -2.09. The second kappa shape index (κ2) is 12.8. The van der Waals surface area contributed by atoms with E-state index in [2.05, 4.69) is 9.98 Å². The third-order valence-corrected chi connectivity index (χ3v) is 5.35. The maximum atomic E-state index is 10.5. The maximum absolute atomic E-state index is 10.5. The molecule has 0 fully saturated rings. The molecule has 0 unspecified atom stereocenters. The molecule has 0 radical (unpaired) electrons. The molecule has 0 aromatic heterocycles. The first-order valence-corrected chi connectivity index (χ1v) is 11.7. The highest BCUT2D eigenvalue weighted by Gasteiger charge is 2.08. The minimum absolute atomic E-state index is 0.0536. The lowest BCUT2D eigenvalue weighted by atomic mass is 10.2. The van der Waals surface area contributed by atoms with Gasteiger partial charge in [0.05, 0.1) is 13.1 Å². The fourth-order valence-corrected chi connectivity index (χ4v) is 3.43. The van der Waals surface area contributed by atoms with Crippen molar-refractivity contribution in [2.75, 3.05) is 13.1 Å². The van der Waals surface area contributed by atoms with Gasteiger partial charge in [0.1, 0.15) is 13.2 Å². The maximum Gasteiger partial charge on any atom is 0.166 e. The molecule has 0 saturated carbocycles. The number of nitrogens with zero attached hydrogens (tertiary/aromatic N) is 2. The molecular formula is C30H28N2O4. The van der Waals surface area contributed by atoms with Gasteiger partial charge in [-0.1, -0.05) is 72.8 Å². The van der Waals surface area contributed by atoms with E-state index in [1.807, 2.05) is 72.8 Å². The molecule has 182 valence electrons. The Bertz CT molecular complexity index is 1200. The van der Waals surface area contributed by atoms with Crippen LogP contribution in [0.4, 0.5) is 0 Å². The van der Waals surface area contributed by atoms with Crippen LogP contribution in [-0.2, 0) is 13.2 Å². The molecule has 0 aliphatic carbocycles. The Hall–Kier alpha value is -4.58. The first kappa shape index (κ1) is 24.5. The van der Waals surface area contributed by atoms with Crippen molar-refractivity contribution in [2.24, 2.45) is 9.98 Å². The lowest BCUT2D eigenvalue weighted by molar-refractivity contribution is 0.289. The molecule has 2 N–H and O–H groups in total. The molecule has 6 nitrogen and oxygen atoms in total. The van der Waals surface area contributed by atoms with Crippen LogP contribution in [0.25, 0.3) is 0 Å². The van der Waals surface area contributed by atoms with Gasteiger partial charge in [-0.15, -0.1) is 0 Å². The SMILES string of the molecule is Oc1c(C=NCCN=Cc2cccc(OCc3ccccc3)c2O)cccc1OCc1ccccc1. The van der Waals surface area contributed by atoms with Gasteiger partial charge in [-0.25, -0.2) is 0 Å². The van der Waals surface area contributed by atoms with E-state index < -0.39 is 0 Å². The number of ether oxygens (including phenoxy) is 2. The van der Waals surface area contributed by atoms with Gasteiger partial charge < -0.3 is 19.7 Å². The number of benzene rings is 4. The predicted molar refractivity (Wildman–Crippen MR) is 143 cm³/mol. The highest BCUT2D eigenvalue weighted by Crippen LogP contribution is 2.30. The summed E-state index contributed by atoms with van der Waals surface area (Å²) in [5, 5.41) is 21.0. The molecule has 4 aromatic carbocycles. The topological polar surface area (TPSA) is 83.6 Å². The fourth-order valence-electron chi connectivity index (χ4n) is 3.43. The number of hydrogen-bond acceptors (Lipinski definition) is 6. The Labute approximate surface area is 210 Å². The molecule has 6 heteroatoms. The molecule has 4 rings (SSSR count). The number of phenols is 2. The zero-order chi connectivity index (χ0) is 25.0. The minimum Gasteiger partial charge on any atom is -0.504 e. The smallest absolute Gasteiger partial charge is 0.166 e. The van der Waals surface area contributed by atoms with Gasteiger partial charge in [-0.2, -0.15) is 0 Å². The average molecular weight is 481 g/mol. The van der Waals surface area contributed by atoms with Crippen LogP contribution in [0.3, 0.4) is 0 Å². The molecule has 0 spiro atoms. The molecule has 0 aliphatic heterocycles. The monoisotopic (exact) mass is 480 g/mol. The number of rotatable bonds is 11. The molecule has 0 amide bonds. The molecule has 0 aliphatic rings. The van der Waals surface area contributed by atoms with Crippen LogP contribution in [0.15, 0.2) is 107 Å². The van der Waals surface area contributed by atoms with Crippen LogP contribution in [0, 0.1) is 0 Å². The van der Waals surface area contributed by atoms with Crippen LogP contribution < -0.4 is 9.47 Å². The number of para-hydroxylation sites is 2. The summed E-state index contributed by atoms with van der Waals surface area (Å²) < 4.78 is 11.5. The van der Waals surface area contributed by atoms with Crippen LogP contribution in [0.2, 0.25) is 0 Å². The summed E-state index contributed by atoms with van der Waals surface area (Å²) in [6, 6.07) is 30.2. The largest absolute Gasteiger partial charge is 0.504 e. The van der Waals surface area contributed by atoms with Crippen molar-refractivity contribution in [1.82, 2.24) is 0 Å². The molecule has 4 aromatic rings. The van der Waals surface area contributed by atoms with Gasteiger partial charge in [0.2, 0.25) is 0 Å². The summed E-state index contributed by atoms with van der Waals surface area (Å²) in [4.78, 5) is 8.71. The summed E-state index contributed by atoms with van der Waals surface area (Å²) in [6.07, 6.45) is 3.21. The van der Waals surface area contributed by atoms with Crippen molar-refractivity contribution in [3.8, 4) is 23.0 Å². The van der Waals surface area contributed by atoms with Gasteiger partial charge in [-0.05, 0) is 35.4 Å². The number of hydrogen-bond donors (Lipinski definition) is 2. The Kier molecular flexibility index (Phi) is 8.70. The zero-order valence-corrected chi connectivity index (χ0v) is 19.8. The van der Waals surface area contributed by atoms with E-state index in [0.717, 1.165) is 11.1 Å². The minimum atomic E-state index is 0.0536. The Morgan fingerprint density at radius 2 is 0.944 bits per heavy atom. The Morgan fingerprint density at radius 1 is 0.528 bits per heavy atom. The van der Waals surface area contributed by atoms with E-state index in [-0.39, 0.29) is 11.5 Å². The van der Waals surface area contributed by atoms with Gasteiger partial charge in [0.25, 0.3) is 0 Å². The van der Waals surface area contributed by atoms with E-state index in [0.29, 0.717) is 48.9 Å². The average Bonchev–Trinajstić information content (AvgIpc) is 2.92. The molecule has 36 heavy (non-hydrogen) atoms. The van der Waals surface area contributed by atoms with Gasteiger partial charge >= 0.3 is 0 Å². The first-order valence-electron chi connectivity index (χ1n) is 11.7. The molecule has 0 bridgehead atoms. The van der Waals surface area contributed by atoms with Gasteiger partial charge in [0, 0.05) is 23.6 Å². The highest BCUT2D eigenvalue weighted by atomic mass is 16.5. The predicted octanol–water partition coefficient (Wildman–Crippen LogP) is 5.79. The van der Waals surface area contributed by atoms with E-state index in [9.17, 15) is 10.2 Å². The molecule has 0 atom stereocenters. The molecule has 0 saturated heterocycles. The van der Waals surface area contributed by atoms with Crippen molar-refractivity contribution >= 4 is 12.4 Å². The third-order valence-electron chi connectivity index (χ3n) is 5.35. The fraction of sp³-hybridized carbons (Fsp3) is 0.133. The summed E-state index contributed by atoms with van der Waals surface area (Å²) in [5.74, 6) is 0.923. The molecule has 0 heterocycles. The van der Waals surface area contributed by atoms with Crippen molar-refractivity contribution < 1.29 is 19.7 Å². The number of aromatic hydroxyl groups is 2. The van der Waals surface area contributed by atoms with Crippen molar-refractivity contribution in [1.29, 1.82) is 0 Å². The highest BCUT2D eigenvalue weighted by molar-refractivity contribution is 5.85. The van der Waals surface area contributed by atoms with Gasteiger partial charge in [-0.3, -0.25) is 9.98 Å². The van der Waals surface area contributed by atoms with E-state index >= 15 is 0 Å². The third kappa shape index (κ3) is 6.96. The van der Waals surface area contributed by atoms with Crippen molar-refractivity contribution in [3.63, 3.8) is 0 Å². The Morgan fingerprint density at radius 3 is 1.36 bits per heavy atom. The van der Waals surface area contributed by atoms with Crippen LogP contribution in [-0.4, -0.2) is 35.7 Å². The summed E-state index contributed by atoms with van der Waals surface area (Å²) in [7, 11) is 0. The van der Waals surface area contributed by atoms with Crippen LogP contribution in [0.5, 0.6) is 23.0 Å². The second-order valence-corrected chi connectivity index (χ2v) is 8.01. The van der Waals surface area contributed by atoms with E-state index in [4.69, 9.17) is 9.47 Å². The van der Waals surface area contributed by atoms with Gasteiger partial charge in [0.15, 0.2) is 23.0 Å². The zero-order valence-electron chi connectivity index (χ0n) is 19.8. The normalized spacial score (nSPS) is 11.2. The first-order chi connectivity index (χ1) is 17.7. The van der Waals surface area contributed by atoms with Crippen molar-refractivity contribution in [2.45, 2.75) is 13.2 Å². The number of aliphatic imine (C=N–C) groups is 2. The molecular weight excluding hydrogens is 452 g/mol. The van der Waals surface area contributed by atoms with E-state index in [1.54, 1.807) is 36.7 Å². The van der Waals surface area contributed by atoms with Crippen LogP contribution >= 0.6 is 0 Å². The van der Waals surface area contributed by atoms with Crippen molar-refractivity contribution in [3.05, 3.63) is 119 Å².